The van der Waals surface area contributed by atoms with E-state index in [-0.39, 0.29) is 16.6 Å². The van der Waals surface area contributed by atoms with Gasteiger partial charge in [-0.3, -0.25) is 0 Å². The van der Waals surface area contributed by atoms with Crippen molar-refractivity contribution in [1.82, 2.24) is 9.97 Å². The van der Waals surface area contributed by atoms with E-state index < -0.39 is 5.97 Å². The van der Waals surface area contributed by atoms with E-state index in [0.717, 1.165) is 6.42 Å². The summed E-state index contributed by atoms with van der Waals surface area (Å²) in [6.07, 6.45) is 0.819. The monoisotopic (exact) mass is 329 g/mol. The predicted molar refractivity (Wildman–Crippen MR) is 86.9 cm³/mol. The number of nitrogens with one attached hydrogen (secondary N) is 1. The van der Waals surface area contributed by atoms with Gasteiger partial charge in [-0.1, -0.05) is 6.92 Å². The van der Waals surface area contributed by atoms with E-state index >= 15 is 0 Å². The summed E-state index contributed by atoms with van der Waals surface area (Å²) in [7, 11) is 0. The normalized spacial score (nSPS) is 11.5. The molecule has 2 rings (SSSR count). The van der Waals surface area contributed by atoms with Crippen LogP contribution in [0, 0.1) is 16.1 Å². The number of ether oxygens (including phenoxy) is 1. The second-order valence-electron chi connectivity index (χ2n) is 4.95. The maximum Gasteiger partial charge on any atom is 0.352 e. The molecule has 7 heteroatoms. The van der Waals surface area contributed by atoms with Gasteiger partial charge in [-0.2, -0.15) is 5.26 Å². The Labute approximate surface area is 138 Å². The first-order valence-electron chi connectivity index (χ1n) is 7.00. The zero-order valence-electron chi connectivity index (χ0n) is 12.7. The summed E-state index contributed by atoms with van der Waals surface area (Å²) in [6, 6.07) is 8.48. The Kier molecular flexibility index (Phi) is 5.09. The third-order valence-electron chi connectivity index (χ3n) is 3.27. The van der Waals surface area contributed by atoms with E-state index in [4.69, 9.17) is 22.1 Å². The molecular formula is C16H15N3O3S. The first-order chi connectivity index (χ1) is 10.9. The lowest BCUT2D eigenvalue weighted by Gasteiger charge is -2.14. The molecule has 0 amide bonds. The highest BCUT2D eigenvalue weighted by atomic mass is 32.1. The van der Waals surface area contributed by atoms with Gasteiger partial charge in [0.15, 0.2) is 4.77 Å². The van der Waals surface area contributed by atoms with Crippen LogP contribution in [-0.2, 0) is 0 Å². The molecule has 118 valence electrons. The Morgan fingerprint density at radius 3 is 2.87 bits per heavy atom. The minimum Gasteiger partial charge on any atom is -0.489 e. The van der Waals surface area contributed by atoms with E-state index in [1.807, 2.05) is 13.8 Å². The largest absolute Gasteiger partial charge is 0.489 e. The number of aromatic carboxylic acids is 1. The Morgan fingerprint density at radius 2 is 2.26 bits per heavy atom. The number of nitriles is 1. The lowest BCUT2D eigenvalue weighted by atomic mass is 10.1. The average molecular weight is 329 g/mol. The van der Waals surface area contributed by atoms with Crippen molar-refractivity contribution in [2.75, 3.05) is 0 Å². The molecule has 0 saturated heterocycles. The molecule has 0 aliphatic heterocycles. The fourth-order valence-corrected chi connectivity index (χ4v) is 2.11. The molecule has 0 aliphatic rings. The average Bonchev–Trinajstić information content (AvgIpc) is 2.54. The topological polar surface area (TPSA) is 99.0 Å². The third-order valence-corrected chi connectivity index (χ3v) is 3.47. The second kappa shape index (κ2) is 7.03. The highest BCUT2D eigenvalue weighted by molar-refractivity contribution is 7.71. The Morgan fingerprint density at radius 1 is 1.52 bits per heavy atom. The standard InChI is InChI=1S/C16H15N3O3S/c1-3-9(2)22-14-5-4-10(6-11(14)8-17)12-7-13(15(20)21)19-16(23)18-12/h4-7,9H,3H2,1-2H3,(H,20,21)(H,18,19,23). The first kappa shape index (κ1) is 16.6. The summed E-state index contributed by atoms with van der Waals surface area (Å²) in [5.41, 5.74) is 1.29. The lowest BCUT2D eigenvalue weighted by molar-refractivity contribution is 0.0690. The summed E-state index contributed by atoms with van der Waals surface area (Å²) < 4.78 is 5.77. The molecule has 0 radical (unpaired) electrons. The molecule has 1 heterocycles. The van der Waals surface area contributed by atoms with E-state index in [1.165, 1.54) is 6.07 Å². The number of nitrogens with zero attached hydrogens (tertiary/aromatic N) is 2. The summed E-state index contributed by atoms with van der Waals surface area (Å²) in [5, 5.41) is 18.4. The molecule has 23 heavy (non-hydrogen) atoms. The number of rotatable bonds is 5. The van der Waals surface area contributed by atoms with Crippen LogP contribution in [0.25, 0.3) is 11.3 Å². The summed E-state index contributed by atoms with van der Waals surface area (Å²) >= 11 is 4.95. The van der Waals surface area contributed by atoms with Crippen LogP contribution in [0.1, 0.15) is 36.3 Å². The lowest BCUT2D eigenvalue weighted by Crippen LogP contribution is -2.10. The number of carboxylic acid groups (broad SMARTS) is 1. The molecule has 0 fully saturated rings. The van der Waals surface area contributed by atoms with Gasteiger partial charge in [0, 0.05) is 5.56 Å². The van der Waals surface area contributed by atoms with Gasteiger partial charge >= 0.3 is 5.97 Å². The molecule has 0 aliphatic carbocycles. The first-order valence-corrected chi connectivity index (χ1v) is 7.41. The van der Waals surface area contributed by atoms with E-state index in [2.05, 4.69) is 16.0 Å². The van der Waals surface area contributed by atoms with Crippen molar-refractivity contribution in [3.8, 4) is 23.1 Å². The molecule has 1 atom stereocenters. The molecule has 1 aromatic heterocycles. The minimum absolute atomic E-state index is 0.00439. The van der Waals surface area contributed by atoms with E-state index in [0.29, 0.717) is 22.6 Å². The van der Waals surface area contributed by atoms with Crippen LogP contribution in [0.2, 0.25) is 0 Å². The van der Waals surface area contributed by atoms with Crippen molar-refractivity contribution in [2.45, 2.75) is 26.4 Å². The molecule has 0 bridgehead atoms. The fraction of sp³-hybridized carbons (Fsp3) is 0.250. The molecule has 1 unspecified atom stereocenters. The van der Waals surface area contributed by atoms with Gasteiger partial charge in [-0.15, -0.1) is 0 Å². The highest BCUT2D eigenvalue weighted by Crippen LogP contribution is 2.26. The van der Waals surface area contributed by atoms with E-state index in [1.54, 1.807) is 18.2 Å². The van der Waals surface area contributed by atoms with Gasteiger partial charge < -0.3 is 14.8 Å². The van der Waals surface area contributed by atoms with Crippen LogP contribution in [0.4, 0.5) is 0 Å². The number of hydrogen-bond acceptors (Lipinski definition) is 5. The zero-order chi connectivity index (χ0) is 17.0. The maximum absolute atomic E-state index is 11.1. The Bertz CT molecular complexity index is 839. The molecular weight excluding hydrogens is 314 g/mol. The smallest absolute Gasteiger partial charge is 0.352 e. The Hall–Kier alpha value is -2.72. The summed E-state index contributed by atoms with van der Waals surface area (Å²) in [6.45, 7) is 3.92. The fourth-order valence-electron chi connectivity index (χ4n) is 1.90. The minimum atomic E-state index is -1.13. The maximum atomic E-state index is 11.1. The van der Waals surface area contributed by atoms with Crippen molar-refractivity contribution in [2.24, 2.45) is 0 Å². The molecule has 0 saturated carbocycles. The van der Waals surface area contributed by atoms with Crippen molar-refractivity contribution >= 4 is 18.2 Å². The molecule has 1 aromatic carbocycles. The molecule has 2 N–H and O–H groups in total. The van der Waals surface area contributed by atoms with Crippen LogP contribution in [0.5, 0.6) is 5.75 Å². The zero-order valence-corrected chi connectivity index (χ0v) is 13.5. The van der Waals surface area contributed by atoms with Crippen LogP contribution in [-0.4, -0.2) is 27.1 Å². The predicted octanol–water partition coefficient (Wildman–Crippen LogP) is 3.55. The third kappa shape index (κ3) is 3.93. The molecule has 2 aromatic rings. The van der Waals surface area contributed by atoms with Gasteiger partial charge in [0.1, 0.15) is 17.5 Å². The van der Waals surface area contributed by atoms with Crippen LogP contribution in [0.3, 0.4) is 0 Å². The van der Waals surface area contributed by atoms with E-state index in [9.17, 15) is 10.1 Å². The number of H-pyrrole nitrogens is 1. The van der Waals surface area contributed by atoms with Gasteiger partial charge in [0.25, 0.3) is 0 Å². The Balaban J connectivity index is 2.48. The van der Waals surface area contributed by atoms with Crippen LogP contribution >= 0.6 is 12.2 Å². The van der Waals surface area contributed by atoms with Gasteiger partial charge in [-0.05, 0) is 49.8 Å². The number of hydrogen-bond donors (Lipinski definition) is 2. The highest BCUT2D eigenvalue weighted by Gasteiger charge is 2.12. The van der Waals surface area contributed by atoms with Crippen molar-refractivity contribution in [3.05, 3.63) is 40.3 Å². The van der Waals surface area contributed by atoms with Gasteiger partial charge in [0.05, 0.1) is 17.4 Å². The van der Waals surface area contributed by atoms with Gasteiger partial charge in [0.2, 0.25) is 0 Å². The number of aromatic amines is 1. The SMILES string of the molecule is CCC(C)Oc1ccc(-c2cc(C(=O)O)[nH]c(=S)n2)cc1C#N. The number of aromatic nitrogens is 2. The quantitative estimate of drug-likeness (QED) is 0.814. The van der Waals surface area contributed by atoms with Crippen LogP contribution < -0.4 is 4.74 Å². The number of benzene rings is 1. The molecule has 6 nitrogen and oxygen atoms in total. The van der Waals surface area contributed by atoms with Crippen molar-refractivity contribution < 1.29 is 14.6 Å². The van der Waals surface area contributed by atoms with Crippen molar-refractivity contribution in [3.63, 3.8) is 0 Å². The number of carbonyl (C=O) groups is 1. The number of carboxylic acids is 1. The molecule has 0 spiro atoms. The van der Waals surface area contributed by atoms with Crippen LogP contribution in [0.15, 0.2) is 24.3 Å². The second-order valence-corrected chi connectivity index (χ2v) is 5.34. The van der Waals surface area contributed by atoms with Gasteiger partial charge in [-0.25, -0.2) is 9.78 Å². The summed E-state index contributed by atoms with van der Waals surface area (Å²) in [4.78, 5) is 17.7. The van der Waals surface area contributed by atoms with Crippen molar-refractivity contribution in [1.29, 1.82) is 5.26 Å². The summed E-state index contributed by atoms with van der Waals surface area (Å²) in [5.74, 6) is -0.637.